The summed E-state index contributed by atoms with van der Waals surface area (Å²) in [6, 6.07) is 0. The van der Waals surface area contributed by atoms with Crippen LogP contribution in [0.5, 0.6) is 0 Å². The molecule has 14 heavy (non-hydrogen) atoms. The van der Waals surface area contributed by atoms with Crippen molar-refractivity contribution in [3.05, 3.63) is 0 Å². The van der Waals surface area contributed by atoms with Gasteiger partial charge in [-0.25, -0.2) is 0 Å². The van der Waals surface area contributed by atoms with Crippen LogP contribution in [0.2, 0.25) is 0 Å². The number of rotatable bonds is 10. The van der Waals surface area contributed by atoms with Crippen molar-refractivity contribution in [3.63, 3.8) is 0 Å². The highest BCUT2D eigenvalue weighted by atomic mass is 32.2. The fourth-order valence-electron chi connectivity index (χ4n) is 1.51. The molecule has 0 aromatic carbocycles. The van der Waals surface area contributed by atoms with Crippen LogP contribution in [0.15, 0.2) is 0 Å². The standard InChI is InChI=1S/C12H27NS/c1-3-4-5-6-7-8-9-10-11-14-12(2)13/h12H,3-11,13H2,1-2H3. The van der Waals surface area contributed by atoms with E-state index >= 15 is 0 Å². The van der Waals surface area contributed by atoms with Crippen molar-refractivity contribution in [2.24, 2.45) is 5.73 Å². The van der Waals surface area contributed by atoms with E-state index in [1.54, 1.807) is 0 Å². The third-order valence-corrected chi connectivity index (χ3v) is 3.43. The molecule has 0 aromatic heterocycles. The topological polar surface area (TPSA) is 26.0 Å². The monoisotopic (exact) mass is 217 g/mol. The Morgan fingerprint density at radius 1 is 0.929 bits per heavy atom. The molecule has 0 radical (unpaired) electrons. The van der Waals surface area contributed by atoms with Crippen LogP contribution in [0.1, 0.15) is 65.2 Å². The molecule has 86 valence electrons. The molecule has 2 N–H and O–H groups in total. The van der Waals surface area contributed by atoms with Gasteiger partial charge in [0, 0.05) is 5.37 Å². The summed E-state index contributed by atoms with van der Waals surface area (Å²) in [6.07, 6.45) is 11.2. The predicted molar refractivity (Wildman–Crippen MR) is 68.7 cm³/mol. The summed E-state index contributed by atoms with van der Waals surface area (Å²) in [7, 11) is 0. The Balaban J connectivity index is 2.85. The molecular formula is C12H27NS. The van der Waals surface area contributed by atoms with Crippen LogP contribution in [0.4, 0.5) is 0 Å². The molecule has 1 atom stereocenters. The summed E-state index contributed by atoms with van der Waals surface area (Å²) >= 11 is 1.88. The Labute approximate surface area is 94.2 Å². The van der Waals surface area contributed by atoms with E-state index in [-0.39, 0.29) is 0 Å². The molecule has 0 aliphatic rings. The first-order valence-electron chi connectivity index (χ1n) is 6.14. The van der Waals surface area contributed by atoms with Gasteiger partial charge in [-0.3, -0.25) is 0 Å². The molecule has 0 amide bonds. The lowest BCUT2D eigenvalue weighted by Crippen LogP contribution is -2.09. The first-order valence-corrected chi connectivity index (χ1v) is 7.19. The van der Waals surface area contributed by atoms with E-state index in [0.29, 0.717) is 5.37 Å². The zero-order valence-corrected chi connectivity index (χ0v) is 10.7. The molecule has 0 aliphatic carbocycles. The molecular weight excluding hydrogens is 190 g/mol. The molecule has 1 unspecified atom stereocenters. The zero-order valence-electron chi connectivity index (χ0n) is 9.93. The van der Waals surface area contributed by atoms with E-state index in [9.17, 15) is 0 Å². The minimum absolute atomic E-state index is 0.319. The quantitative estimate of drug-likeness (QED) is 0.439. The Bertz CT molecular complexity index is 104. The fourth-order valence-corrected chi connectivity index (χ4v) is 2.25. The van der Waals surface area contributed by atoms with Gasteiger partial charge >= 0.3 is 0 Å². The van der Waals surface area contributed by atoms with Gasteiger partial charge in [0.2, 0.25) is 0 Å². The molecule has 1 nitrogen and oxygen atoms in total. The van der Waals surface area contributed by atoms with Crippen molar-refractivity contribution in [1.29, 1.82) is 0 Å². The summed E-state index contributed by atoms with van der Waals surface area (Å²) in [6.45, 7) is 4.33. The Hall–Kier alpha value is 0.310. The summed E-state index contributed by atoms with van der Waals surface area (Å²) in [4.78, 5) is 0. The lowest BCUT2D eigenvalue weighted by molar-refractivity contribution is 0.586. The van der Waals surface area contributed by atoms with Crippen molar-refractivity contribution in [2.45, 2.75) is 70.6 Å². The Morgan fingerprint density at radius 2 is 1.43 bits per heavy atom. The van der Waals surface area contributed by atoms with Crippen molar-refractivity contribution in [1.82, 2.24) is 0 Å². The molecule has 0 saturated carbocycles. The summed E-state index contributed by atoms with van der Waals surface area (Å²) < 4.78 is 0. The van der Waals surface area contributed by atoms with Crippen molar-refractivity contribution >= 4 is 11.8 Å². The van der Waals surface area contributed by atoms with E-state index in [1.807, 2.05) is 11.8 Å². The van der Waals surface area contributed by atoms with Gasteiger partial charge in [0.05, 0.1) is 0 Å². The second-order valence-electron chi connectivity index (χ2n) is 4.05. The van der Waals surface area contributed by atoms with E-state index in [4.69, 9.17) is 5.73 Å². The van der Waals surface area contributed by atoms with E-state index in [0.717, 1.165) is 0 Å². The van der Waals surface area contributed by atoms with Crippen LogP contribution in [-0.4, -0.2) is 11.1 Å². The molecule has 0 spiro atoms. The van der Waals surface area contributed by atoms with Crippen molar-refractivity contribution in [3.8, 4) is 0 Å². The molecule has 0 aromatic rings. The number of thioether (sulfide) groups is 1. The third-order valence-electron chi connectivity index (χ3n) is 2.38. The minimum Gasteiger partial charge on any atom is -0.320 e. The minimum atomic E-state index is 0.319. The summed E-state index contributed by atoms with van der Waals surface area (Å²) in [5.74, 6) is 1.24. The van der Waals surface area contributed by atoms with E-state index < -0.39 is 0 Å². The third kappa shape index (κ3) is 12.3. The van der Waals surface area contributed by atoms with Gasteiger partial charge in [-0.1, -0.05) is 51.9 Å². The maximum atomic E-state index is 5.65. The lowest BCUT2D eigenvalue weighted by Gasteiger charge is -2.04. The van der Waals surface area contributed by atoms with Gasteiger partial charge in [0.25, 0.3) is 0 Å². The van der Waals surface area contributed by atoms with Gasteiger partial charge in [-0.2, -0.15) is 0 Å². The Kier molecular flexibility index (Phi) is 11.6. The maximum Gasteiger partial charge on any atom is 0.0478 e. The highest BCUT2D eigenvalue weighted by molar-refractivity contribution is 7.99. The highest BCUT2D eigenvalue weighted by Gasteiger charge is 1.94. The van der Waals surface area contributed by atoms with Gasteiger partial charge in [-0.15, -0.1) is 11.8 Å². The zero-order chi connectivity index (χ0) is 10.6. The number of hydrogen-bond donors (Lipinski definition) is 1. The average Bonchev–Trinajstić information content (AvgIpc) is 2.15. The van der Waals surface area contributed by atoms with Gasteiger partial charge < -0.3 is 5.73 Å². The molecule has 0 heterocycles. The lowest BCUT2D eigenvalue weighted by atomic mass is 10.1. The van der Waals surface area contributed by atoms with Crippen LogP contribution in [0, 0.1) is 0 Å². The fraction of sp³-hybridized carbons (Fsp3) is 1.00. The number of unbranched alkanes of at least 4 members (excludes halogenated alkanes) is 7. The second kappa shape index (κ2) is 11.4. The normalized spacial score (nSPS) is 13.1. The molecule has 0 rings (SSSR count). The summed E-state index contributed by atoms with van der Waals surface area (Å²) in [5.41, 5.74) is 5.65. The largest absolute Gasteiger partial charge is 0.320 e. The summed E-state index contributed by atoms with van der Waals surface area (Å²) in [5, 5.41) is 0.319. The molecule has 2 heteroatoms. The number of nitrogens with two attached hydrogens (primary N) is 1. The van der Waals surface area contributed by atoms with Gasteiger partial charge in [0.1, 0.15) is 0 Å². The molecule has 0 bridgehead atoms. The highest BCUT2D eigenvalue weighted by Crippen LogP contribution is 2.12. The predicted octanol–water partition coefficient (Wildman–Crippen LogP) is 4.17. The van der Waals surface area contributed by atoms with Crippen molar-refractivity contribution in [2.75, 3.05) is 5.75 Å². The molecule has 0 fully saturated rings. The van der Waals surface area contributed by atoms with Crippen LogP contribution >= 0.6 is 11.8 Å². The molecule has 0 saturated heterocycles. The van der Waals surface area contributed by atoms with E-state index in [2.05, 4.69) is 13.8 Å². The van der Waals surface area contributed by atoms with E-state index in [1.165, 1.54) is 57.1 Å². The maximum absolute atomic E-state index is 5.65. The van der Waals surface area contributed by atoms with Crippen molar-refractivity contribution < 1.29 is 0 Å². The van der Waals surface area contributed by atoms with Crippen LogP contribution in [0.25, 0.3) is 0 Å². The van der Waals surface area contributed by atoms with Gasteiger partial charge in [-0.05, 0) is 19.1 Å². The first-order chi connectivity index (χ1) is 6.77. The van der Waals surface area contributed by atoms with Crippen LogP contribution in [0.3, 0.4) is 0 Å². The first kappa shape index (κ1) is 14.3. The molecule has 0 aliphatic heterocycles. The Morgan fingerprint density at radius 3 is 1.93 bits per heavy atom. The average molecular weight is 217 g/mol. The smallest absolute Gasteiger partial charge is 0.0478 e. The number of hydrogen-bond acceptors (Lipinski definition) is 2. The van der Waals surface area contributed by atoms with Crippen LogP contribution < -0.4 is 5.73 Å². The SMILES string of the molecule is CCCCCCCCCCSC(C)N. The second-order valence-corrected chi connectivity index (χ2v) is 5.54. The van der Waals surface area contributed by atoms with Crippen LogP contribution in [-0.2, 0) is 0 Å². The van der Waals surface area contributed by atoms with Gasteiger partial charge in [0.15, 0.2) is 0 Å².